The van der Waals surface area contributed by atoms with Crippen LogP contribution in [0.1, 0.15) is 11.3 Å². The van der Waals surface area contributed by atoms with Gasteiger partial charge in [-0.15, -0.1) is 0 Å². The van der Waals surface area contributed by atoms with Crippen LogP contribution in [-0.2, 0) is 6.54 Å². The zero-order valence-electron chi connectivity index (χ0n) is 16.9. The number of anilines is 1. The molecule has 0 saturated heterocycles. The molecular formula is C24H21N5O2. The summed E-state index contributed by atoms with van der Waals surface area (Å²) < 4.78 is 5.68. The van der Waals surface area contributed by atoms with Crippen LogP contribution in [0.2, 0.25) is 0 Å². The van der Waals surface area contributed by atoms with E-state index in [1.54, 1.807) is 36.5 Å². The molecule has 0 aliphatic rings. The molecule has 4 aromatic rings. The van der Waals surface area contributed by atoms with Crippen LogP contribution in [0.15, 0.2) is 85.5 Å². The summed E-state index contributed by atoms with van der Waals surface area (Å²) in [6, 6.07) is 20.5. The monoisotopic (exact) mass is 411 g/mol. The maximum Gasteiger partial charge on any atom is 0.319 e. The molecule has 7 heteroatoms. The molecule has 0 fully saturated rings. The predicted molar refractivity (Wildman–Crippen MR) is 119 cm³/mol. The molecule has 2 heterocycles. The van der Waals surface area contributed by atoms with Gasteiger partial charge in [-0.3, -0.25) is 4.98 Å². The lowest BCUT2D eigenvalue weighted by atomic mass is 10.1. The van der Waals surface area contributed by atoms with Crippen LogP contribution in [-0.4, -0.2) is 21.0 Å². The van der Waals surface area contributed by atoms with E-state index in [1.165, 1.54) is 6.33 Å². The molecule has 0 aliphatic heterocycles. The molecule has 4 rings (SSSR count). The number of ether oxygens (including phenoxy) is 1. The van der Waals surface area contributed by atoms with Crippen LogP contribution < -0.4 is 15.4 Å². The van der Waals surface area contributed by atoms with Gasteiger partial charge in [-0.25, -0.2) is 14.8 Å². The van der Waals surface area contributed by atoms with Gasteiger partial charge in [0, 0.05) is 36.4 Å². The Labute approximate surface area is 180 Å². The average molecular weight is 411 g/mol. The van der Waals surface area contributed by atoms with Crippen molar-refractivity contribution in [1.82, 2.24) is 20.3 Å². The summed E-state index contributed by atoms with van der Waals surface area (Å²) in [6.07, 6.45) is 5.03. The number of benzene rings is 2. The minimum Gasteiger partial charge on any atom is -0.439 e. The number of aromatic nitrogens is 3. The number of nitrogens with zero attached hydrogens (tertiary/aromatic N) is 3. The molecule has 0 atom stereocenters. The Kier molecular flexibility index (Phi) is 6.13. The third kappa shape index (κ3) is 5.63. The van der Waals surface area contributed by atoms with E-state index >= 15 is 0 Å². The molecule has 2 amide bonds. The van der Waals surface area contributed by atoms with Gasteiger partial charge in [0.25, 0.3) is 0 Å². The first-order chi connectivity index (χ1) is 15.2. The van der Waals surface area contributed by atoms with Crippen molar-refractivity contribution in [3.05, 3.63) is 96.7 Å². The number of carbonyl (C=O) groups excluding carboxylic acids is 1. The Morgan fingerprint density at radius 3 is 2.48 bits per heavy atom. The van der Waals surface area contributed by atoms with Crippen molar-refractivity contribution in [2.45, 2.75) is 13.5 Å². The van der Waals surface area contributed by atoms with E-state index in [-0.39, 0.29) is 6.03 Å². The Bertz CT molecular complexity index is 1150. The zero-order valence-corrected chi connectivity index (χ0v) is 16.9. The smallest absolute Gasteiger partial charge is 0.319 e. The molecule has 2 N–H and O–H groups in total. The predicted octanol–water partition coefficient (Wildman–Crippen LogP) is 4.96. The lowest BCUT2D eigenvalue weighted by molar-refractivity contribution is 0.251. The van der Waals surface area contributed by atoms with E-state index in [2.05, 4.69) is 25.6 Å². The van der Waals surface area contributed by atoms with Crippen molar-refractivity contribution in [2.75, 3.05) is 5.32 Å². The summed E-state index contributed by atoms with van der Waals surface area (Å²) >= 11 is 0. The normalized spacial score (nSPS) is 10.4. The average Bonchev–Trinajstić information content (AvgIpc) is 2.80. The molecule has 0 spiro atoms. The first kappa shape index (κ1) is 20.0. The summed E-state index contributed by atoms with van der Waals surface area (Å²) in [6.45, 7) is 2.29. The SMILES string of the molecule is Cc1cc(Oc2ccc(NC(=O)NCc3ccc(-c4cccnc4)cc3)cc2)ncn1. The second-order valence-electron chi connectivity index (χ2n) is 6.87. The standard InChI is InChI=1S/C24H21N5O2/c1-17-13-23(28-16-27-17)31-22-10-8-21(9-11-22)29-24(30)26-14-18-4-6-19(7-5-18)20-3-2-12-25-15-20/h2-13,15-16H,14H2,1H3,(H2,26,29,30). The van der Waals surface area contributed by atoms with Crippen molar-refractivity contribution < 1.29 is 9.53 Å². The maximum absolute atomic E-state index is 12.2. The van der Waals surface area contributed by atoms with Gasteiger partial charge >= 0.3 is 6.03 Å². The van der Waals surface area contributed by atoms with Gasteiger partial charge < -0.3 is 15.4 Å². The number of pyridine rings is 1. The number of urea groups is 1. The topological polar surface area (TPSA) is 89.0 Å². The highest BCUT2D eigenvalue weighted by Gasteiger charge is 2.04. The van der Waals surface area contributed by atoms with Gasteiger partial charge in [0.1, 0.15) is 12.1 Å². The van der Waals surface area contributed by atoms with Crippen molar-refractivity contribution in [1.29, 1.82) is 0 Å². The number of nitrogens with one attached hydrogen (secondary N) is 2. The van der Waals surface area contributed by atoms with Crippen LogP contribution >= 0.6 is 0 Å². The molecule has 0 aliphatic carbocycles. The Morgan fingerprint density at radius 2 is 1.77 bits per heavy atom. The lowest BCUT2D eigenvalue weighted by Gasteiger charge is -2.10. The van der Waals surface area contributed by atoms with Crippen molar-refractivity contribution in [3.63, 3.8) is 0 Å². The number of amides is 2. The van der Waals surface area contributed by atoms with Gasteiger partial charge in [0.15, 0.2) is 0 Å². The van der Waals surface area contributed by atoms with Gasteiger partial charge in [-0.2, -0.15) is 0 Å². The summed E-state index contributed by atoms with van der Waals surface area (Å²) in [7, 11) is 0. The van der Waals surface area contributed by atoms with Crippen LogP contribution in [0.4, 0.5) is 10.5 Å². The third-order valence-electron chi connectivity index (χ3n) is 4.52. The van der Waals surface area contributed by atoms with Crippen LogP contribution in [0.3, 0.4) is 0 Å². The lowest BCUT2D eigenvalue weighted by Crippen LogP contribution is -2.28. The second kappa shape index (κ2) is 9.49. The first-order valence-electron chi connectivity index (χ1n) is 9.76. The highest BCUT2D eigenvalue weighted by atomic mass is 16.5. The van der Waals surface area contributed by atoms with E-state index in [0.29, 0.717) is 23.9 Å². The number of aryl methyl sites for hydroxylation is 1. The Morgan fingerprint density at radius 1 is 0.968 bits per heavy atom. The fourth-order valence-electron chi connectivity index (χ4n) is 2.92. The summed E-state index contributed by atoms with van der Waals surface area (Å²) in [5.41, 5.74) is 4.64. The highest BCUT2D eigenvalue weighted by Crippen LogP contribution is 2.21. The quantitative estimate of drug-likeness (QED) is 0.468. The molecule has 2 aromatic carbocycles. The van der Waals surface area contributed by atoms with Gasteiger partial charge in [0.2, 0.25) is 5.88 Å². The fourth-order valence-corrected chi connectivity index (χ4v) is 2.92. The number of rotatable bonds is 6. The second-order valence-corrected chi connectivity index (χ2v) is 6.87. The van der Waals surface area contributed by atoms with Gasteiger partial charge in [0.05, 0.1) is 0 Å². The number of carbonyl (C=O) groups is 1. The van der Waals surface area contributed by atoms with E-state index < -0.39 is 0 Å². The van der Waals surface area contributed by atoms with Crippen molar-refractivity contribution >= 4 is 11.7 Å². The van der Waals surface area contributed by atoms with Crippen molar-refractivity contribution in [3.8, 4) is 22.8 Å². The fraction of sp³-hybridized carbons (Fsp3) is 0.0833. The largest absolute Gasteiger partial charge is 0.439 e. The first-order valence-corrected chi connectivity index (χ1v) is 9.76. The minimum absolute atomic E-state index is 0.281. The van der Waals surface area contributed by atoms with Crippen LogP contribution in [0, 0.1) is 6.92 Å². The Hall–Kier alpha value is -4.26. The molecule has 0 unspecified atom stereocenters. The molecule has 154 valence electrons. The molecule has 0 radical (unpaired) electrons. The van der Waals surface area contributed by atoms with E-state index in [4.69, 9.17) is 4.74 Å². The van der Waals surface area contributed by atoms with Gasteiger partial charge in [-0.05, 0) is 53.9 Å². The molecule has 0 bridgehead atoms. The molecule has 31 heavy (non-hydrogen) atoms. The van der Waals surface area contributed by atoms with Crippen LogP contribution in [0.25, 0.3) is 11.1 Å². The third-order valence-corrected chi connectivity index (χ3v) is 4.52. The highest BCUT2D eigenvalue weighted by molar-refractivity contribution is 5.89. The zero-order chi connectivity index (χ0) is 21.5. The van der Waals surface area contributed by atoms with E-state index in [0.717, 1.165) is 22.4 Å². The Balaban J connectivity index is 1.28. The molecular weight excluding hydrogens is 390 g/mol. The van der Waals surface area contributed by atoms with Crippen LogP contribution in [0.5, 0.6) is 11.6 Å². The summed E-state index contributed by atoms with van der Waals surface area (Å²) in [5.74, 6) is 1.10. The summed E-state index contributed by atoms with van der Waals surface area (Å²) in [4.78, 5) is 24.4. The summed E-state index contributed by atoms with van der Waals surface area (Å²) in [5, 5.41) is 5.67. The van der Waals surface area contributed by atoms with Crippen molar-refractivity contribution in [2.24, 2.45) is 0 Å². The van der Waals surface area contributed by atoms with E-state index in [1.807, 2.05) is 49.5 Å². The number of hydrogen-bond donors (Lipinski definition) is 2. The number of hydrogen-bond acceptors (Lipinski definition) is 5. The maximum atomic E-state index is 12.2. The minimum atomic E-state index is -0.281. The molecule has 0 saturated carbocycles. The molecule has 2 aromatic heterocycles. The van der Waals surface area contributed by atoms with Gasteiger partial charge in [-0.1, -0.05) is 30.3 Å². The molecule has 7 nitrogen and oxygen atoms in total. The van der Waals surface area contributed by atoms with E-state index in [9.17, 15) is 4.79 Å².